The van der Waals surface area contributed by atoms with Gasteiger partial charge in [-0.05, 0) is 56.0 Å². The minimum absolute atomic E-state index is 0.557. The van der Waals surface area contributed by atoms with Crippen LogP contribution in [0.1, 0.15) is 35.3 Å². The van der Waals surface area contributed by atoms with Crippen LogP contribution in [0.3, 0.4) is 0 Å². The molecule has 3 nitrogen and oxygen atoms in total. The van der Waals surface area contributed by atoms with Crippen LogP contribution in [0, 0.1) is 13.8 Å². The van der Waals surface area contributed by atoms with Crippen molar-refractivity contribution >= 4 is 0 Å². The highest BCUT2D eigenvalue weighted by molar-refractivity contribution is 5.33. The van der Waals surface area contributed by atoms with Crippen LogP contribution in [0.15, 0.2) is 34.9 Å². The van der Waals surface area contributed by atoms with E-state index in [-0.39, 0.29) is 0 Å². The molecule has 0 unspecified atom stereocenters. The molecule has 1 N–H and O–H groups in total. The van der Waals surface area contributed by atoms with Gasteiger partial charge < -0.3 is 14.5 Å². The molecule has 1 aromatic carbocycles. The van der Waals surface area contributed by atoms with Gasteiger partial charge >= 0.3 is 0 Å². The van der Waals surface area contributed by atoms with Crippen LogP contribution in [0.4, 0.5) is 0 Å². The van der Waals surface area contributed by atoms with Crippen LogP contribution in [0.2, 0.25) is 0 Å². The molecule has 0 radical (unpaired) electrons. The van der Waals surface area contributed by atoms with Gasteiger partial charge in [-0.1, -0.05) is 6.07 Å². The van der Waals surface area contributed by atoms with Crippen molar-refractivity contribution < 1.29 is 9.15 Å². The highest BCUT2D eigenvalue weighted by atomic mass is 16.5. The van der Waals surface area contributed by atoms with Crippen molar-refractivity contribution in [2.75, 3.05) is 0 Å². The fourth-order valence-electron chi connectivity index (χ4n) is 2.35. The predicted molar refractivity (Wildman–Crippen MR) is 78.8 cm³/mol. The number of nitrogens with one attached hydrogen (secondary N) is 1. The molecule has 1 aliphatic rings. The molecule has 0 aliphatic heterocycles. The Morgan fingerprint density at radius 3 is 2.65 bits per heavy atom. The average molecular weight is 271 g/mol. The maximum atomic E-state index is 5.89. The van der Waals surface area contributed by atoms with Gasteiger partial charge in [0, 0.05) is 11.6 Å². The summed E-state index contributed by atoms with van der Waals surface area (Å²) in [5.74, 6) is 1.91. The van der Waals surface area contributed by atoms with Gasteiger partial charge in [0.15, 0.2) is 0 Å². The lowest BCUT2D eigenvalue weighted by Gasteiger charge is -2.09. The first kappa shape index (κ1) is 13.3. The molecule has 3 heteroatoms. The van der Waals surface area contributed by atoms with Crippen molar-refractivity contribution in [3.05, 3.63) is 53.0 Å². The lowest BCUT2D eigenvalue weighted by atomic mass is 10.1. The molecule has 0 amide bonds. The number of ether oxygens (including phenoxy) is 1. The zero-order chi connectivity index (χ0) is 13.9. The average Bonchev–Trinajstić information content (AvgIpc) is 3.12. The molecule has 3 rings (SSSR count). The molecule has 0 spiro atoms. The van der Waals surface area contributed by atoms with E-state index in [2.05, 4.69) is 37.4 Å². The van der Waals surface area contributed by atoms with Gasteiger partial charge in [0.2, 0.25) is 0 Å². The molecule has 1 aromatic heterocycles. The molecule has 1 heterocycles. The molecule has 0 atom stereocenters. The predicted octanol–water partition coefficient (Wildman–Crippen LogP) is 3.73. The monoisotopic (exact) mass is 271 g/mol. The molecule has 1 saturated carbocycles. The number of hydrogen-bond acceptors (Lipinski definition) is 3. The summed E-state index contributed by atoms with van der Waals surface area (Å²) in [7, 11) is 0. The fraction of sp³-hybridized carbons (Fsp3) is 0.412. The second-order valence-corrected chi connectivity index (χ2v) is 5.64. The molecule has 106 valence electrons. The zero-order valence-electron chi connectivity index (χ0n) is 12.1. The summed E-state index contributed by atoms with van der Waals surface area (Å²) in [6.07, 6.45) is 4.31. The maximum absolute atomic E-state index is 5.89. The third kappa shape index (κ3) is 3.42. The standard InChI is InChI=1S/C17H21NO2/c1-12-7-13(2)9-16(8-12)20-11-14-5-6-19-17(14)10-18-15-3-4-15/h5-9,15,18H,3-4,10-11H2,1-2H3. The van der Waals surface area contributed by atoms with E-state index in [0.717, 1.165) is 23.6 Å². The van der Waals surface area contributed by atoms with Gasteiger partial charge in [-0.2, -0.15) is 0 Å². The Labute approximate surface area is 119 Å². The maximum Gasteiger partial charge on any atom is 0.124 e. The van der Waals surface area contributed by atoms with Crippen LogP contribution in [-0.4, -0.2) is 6.04 Å². The number of benzene rings is 1. The number of aryl methyl sites for hydroxylation is 2. The first-order valence-corrected chi connectivity index (χ1v) is 7.20. The summed E-state index contributed by atoms with van der Waals surface area (Å²) >= 11 is 0. The SMILES string of the molecule is Cc1cc(C)cc(OCc2ccoc2CNC2CC2)c1. The van der Waals surface area contributed by atoms with E-state index >= 15 is 0 Å². The fourth-order valence-corrected chi connectivity index (χ4v) is 2.35. The third-order valence-corrected chi connectivity index (χ3v) is 3.56. The molecule has 1 fully saturated rings. The van der Waals surface area contributed by atoms with E-state index in [0.29, 0.717) is 12.6 Å². The Morgan fingerprint density at radius 1 is 1.20 bits per heavy atom. The van der Waals surface area contributed by atoms with Gasteiger partial charge in [0.1, 0.15) is 18.1 Å². The Bertz CT molecular complexity index is 564. The van der Waals surface area contributed by atoms with Crippen molar-refractivity contribution in [1.29, 1.82) is 0 Å². The highest BCUT2D eigenvalue weighted by Crippen LogP contribution is 2.22. The van der Waals surface area contributed by atoms with Gasteiger partial charge in [-0.3, -0.25) is 0 Å². The van der Waals surface area contributed by atoms with Gasteiger partial charge in [0.05, 0.1) is 12.8 Å². The summed E-state index contributed by atoms with van der Waals surface area (Å²) in [5, 5.41) is 3.47. The van der Waals surface area contributed by atoms with E-state index in [9.17, 15) is 0 Å². The highest BCUT2D eigenvalue weighted by Gasteiger charge is 2.21. The summed E-state index contributed by atoms with van der Waals surface area (Å²) in [5.41, 5.74) is 3.57. The van der Waals surface area contributed by atoms with Gasteiger partial charge in [-0.15, -0.1) is 0 Å². The van der Waals surface area contributed by atoms with Crippen molar-refractivity contribution in [3.8, 4) is 5.75 Å². The van der Waals surface area contributed by atoms with Crippen LogP contribution in [0.5, 0.6) is 5.75 Å². The molecule has 0 bridgehead atoms. The second kappa shape index (κ2) is 5.71. The van der Waals surface area contributed by atoms with Crippen molar-refractivity contribution in [2.45, 2.75) is 45.9 Å². The summed E-state index contributed by atoms with van der Waals surface area (Å²) < 4.78 is 11.4. The minimum Gasteiger partial charge on any atom is -0.489 e. The van der Waals surface area contributed by atoms with E-state index < -0.39 is 0 Å². The third-order valence-electron chi connectivity index (χ3n) is 3.56. The normalized spacial score (nSPS) is 14.5. The summed E-state index contributed by atoms with van der Waals surface area (Å²) in [6, 6.07) is 8.96. The number of furan rings is 1. The smallest absolute Gasteiger partial charge is 0.124 e. The second-order valence-electron chi connectivity index (χ2n) is 5.64. The van der Waals surface area contributed by atoms with Crippen molar-refractivity contribution in [3.63, 3.8) is 0 Å². The van der Waals surface area contributed by atoms with Crippen LogP contribution in [0.25, 0.3) is 0 Å². The Morgan fingerprint density at radius 2 is 1.95 bits per heavy atom. The molecular formula is C17H21NO2. The van der Waals surface area contributed by atoms with E-state index in [1.165, 1.54) is 24.0 Å². The van der Waals surface area contributed by atoms with Crippen LogP contribution >= 0.6 is 0 Å². The Kier molecular flexibility index (Phi) is 3.79. The quantitative estimate of drug-likeness (QED) is 0.869. The molecule has 20 heavy (non-hydrogen) atoms. The topological polar surface area (TPSA) is 34.4 Å². The molecular weight excluding hydrogens is 250 g/mol. The Balaban J connectivity index is 1.61. The summed E-state index contributed by atoms with van der Waals surface area (Å²) in [4.78, 5) is 0. The van der Waals surface area contributed by atoms with E-state index in [1.807, 2.05) is 6.07 Å². The lowest BCUT2D eigenvalue weighted by molar-refractivity contribution is 0.301. The van der Waals surface area contributed by atoms with Crippen LogP contribution in [-0.2, 0) is 13.2 Å². The van der Waals surface area contributed by atoms with Crippen molar-refractivity contribution in [2.24, 2.45) is 0 Å². The van der Waals surface area contributed by atoms with Crippen LogP contribution < -0.4 is 10.1 Å². The molecule has 0 saturated heterocycles. The van der Waals surface area contributed by atoms with Gasteiger partial charge in [0.25, 0.3) is 0 Å². The van der Waals surface area contributed by atoms with Crippen molar-refractivity contribution in [1.82, 2.24) is 5.32 Å². The van der Waals surface area contributed by atoms with E-state index in [4.69, 9.17) is 9.15 Å². The number of rotatable bonds is 6. The largest absolute Gasteiger partial charge is 0.489 e. The zero-order valence-corrected chi connectivity index (χ0v) is 12.1. The lowest BCUT2D eigenvalue weighted by Crippen LogP contribution is -2.16. The molecule has 2 aromatic rings. The molecule has 1 aliphatic carbocycles. The first-order valence-electron chi connectivity index (χ1n) is 7.20. The number of hydrogen-bond donors (Lipinski definition) is 1. The van der Waals surface area contributed by atoms with Gasteiger partial charge in [-0.25, -0.2) is 0 Å². The van der Waals surface area contributed by atoms with E-state index in [1.54, 1.807) is 6.26 Å². The minimum atomic E-state index is 0.557. The summed E-state index contributed by atoms with van der Waals surface area (Å²) in [6.45, 7) is 5.52. The first-order chi connectivity index (χ1) is 9.70. The Hall–Kier alpha value is -1.74.